The smallest absolute Gasteiger partial charge is 0.316 e. The molecule has 2 atom stereocenters. The van der Waals surface area contributed by atoms with Gasteiger partial charge in [-0.3, -0.25) is 9.59 Å². The standard InChI is InChI=1S/C15H18O3/c1-2-18-15(17)13-10-12(8-9-14(13)16)11-6-4-3-5-7-11/h3-7,12-13H,2,8-10H2,1H3/t12-,13+/m1/s1. The van der Waals surface area contributed by atoms with Crippen LogP contribution in [0.2, 0.25) is 0 Å². The van der Waals surface area contributed by atoms with Gasteiger partial charge in [0.1, 0.15) is 11.7 Å². The average Bonchev–Trinajstić information content (AvgIpc) is 2.40. The molecule has 3 heteroatoms. The molecule has 3 nitrogen and oxygen atoms in total. The number of rotatable bonds is 3. The fourth-order valence-corrected chi connectivity index (χ4v) is 2.52. The Balaban J connectivity index is 2.09. The summed E-state index contributed by atoms with van der Waals surface area (Å²) in [6.07, 6.45) is 1.89. The summed E-state index contributed by atoms with van der Waals surface area (Å²) in [7, 11) is 0. The molecule has 1 aromatic carbocycles. The number of ketones is 1. The van der Waals surface area contributed by atoms with Crippen LogP contribution in [0, 0.1) is 5.92 Å². The van der Waals surface area contributed by atoms with Gasteiger partial charge in [-0.05, 0) is 31.2 Å². The largest absolute Gasteiger partial charge is 0.465 e. The van der Waals surface area contributed by atoms with Crippen LogP contribution in [0.3, 0.4) is 0 Å². The molecule has 18 heavy (non-hydrogen) atoms. The molecule has 1 aromatic rings. The minimum atomic E-state index is -0.566. The lowest BCUT2D eigenvalue weighted by Gasteiger charge is -2.27. The minimum absolute atomic E-state index is 0.0284. The average molecular weight is 246 g/mol. The van der Waals surface area contributed by atoms with Crippen molar-refractivity contribution < 1.29 is 14.3 Å². The van der Waals surface area contributed by atoms with Gasteiger partial charge in [0.05, 0.1) is 6.61 Å². The predicted octanol–water partition coefficient (Wildman–Crippen LogP) is 2.70. The quantitative estimate of drug-likeness (QED) is 0.608. The maximum absolute atomic E-state index is 11.8. The number of ether oxygens (including phenoxy) is 1. The second-order valence-corrected chi connectivity index (χ2v) is 4.65. The molecule has 0 radical (unpaired) electrons. The van der Waals surface area contributed by atoms with Crippen molar-refractivity contribution in [1.82, 2.24) is 0 Å². The van der Waals surface area contributed by atoms with Gasteiger partial charge < -0.3 is 4.74 Å². The molecule has 0 spiro atoms. The van der Waals surface area contributed by atoms with E-state index in [-0.39, 0.29) is 11.8 Å². The first-order chi connectivity index (χ1) is 8.72. The topological polar surface area (TPSA) is 43.4 Å². The first-order valence-electron chi connectivity index (χ1n) is 6.46. The normalized spacial score (nSPS) is 23.7. The van der Waals surface area contributed by atoms with Gasteiger partial charge in [-0.15, -0.1) is 0 Å². The number of carbonyl (C=O) groups excluding carboxylic acids is 2. The van der Waals surface area contributed by atoms with Crippen molar-refractivity contribution in [2.45, 2.75) is 32.1 Å². The molecule has 0 heterocycles. The Hall–Kier alpha value is -1.64. The van der Waals surface area contributed by atoms with Crippen molar-refractivity contribution in [3.63, 3.8) is 0 Å². The van der Waals surface area contributed by atoms with Gasteiger partial charge in [0, 0.05) is 6.42 Å². The molecule has 0 bridgehead atoms. The molecule has 0 N–H and O–H groups in total. The van der Waals surface area contributed by atoms with Crippen molar-refractivity contribution >= 4 is 11.8 Å². The Morgan fingerprint density at radius 2 is 2.06 bits per heavy atom. The predicted molar refractivity (Wildman–Crippen MR) is 68.2 cm³/mol. The Kier molecular flexibility index (Phi) is 4.13. The third kappa shape index (κ3) is 2.78. The van der Waals surface area contributed by atoms with E-state index in [0.717, 1.165) is 6.42 Å². The Morgan fingerprint density at radius 1 is 1.33 bits per heavy atom. The Bertz CT molecular complexity index is 425. The maximum Gasteiger partial charge on any atom is 0.316 e. The Labute approximate surface area is 107 Å². The lowest BCUT2D eigenvalue weighted by atomic mass is 9.77. The highest BCUT2D eigenvalue weighted by Crippen LogP contribution is 2.34. The van der Waals surface area contributed by atoms with Crippen LogP contribution in [0.1, 0.15) is 37.7 Å². The highest BCUT2D eigenvalue weighted by molar-refractivity contribution is 5.99. The highest BCUT2D eigenvalue weighted by Gasteiger charge is 2.35. The van der Waals surface area contributed by atoms with Gasteiger partial charge >= 0.3 is 5.97 Å². The molecule has 0 unspecified atom stereocenters. The number of esters is 1. The van der Waals surface area contributed by atoms with E-state index in [9.17, 15) is 9.59 Å². The van der Waals surface area contributed by atoms with Crippen LogP contribution < -0.4 is 0 Å². The summed E-state index contributed by atoms with van der Waals surface area (Å²) >= 11 is 0. The molecule has 0 saturated heterocycles. The molecule has 0 amide bonds. The van der Waals surface area contributed by atoms with Gasteiger partial charge in [-0.1, -0.05) is 30.3 Å². The van der Waals surface area contributed by atoms with Gasteiger partial charge in [0.25, 0.3) is 0 Å². The van der Waals surface area contributed by atoms with Crippen LogP contribution in [-0.2, 0) is 14.3 Å². The first kappa shape index (κ1) is 12.8. The van der Waals surface area contributed by atoms with Gasteiger partial charge in [0.15, 0.2) is 0 Å². The van der Waals surface area contributed by atoms with Crippen LogP contribution >= 0.6 is 0 Å². The second-order valence-electron chi connectivity index (χ2n) is 4.65. The van der Waals surface area contributed by atoms with Crippen LogP contribution in [0.4, 0.5) is 0 Å². The lowest BCUT2D eigenvalue weighted by molar-refractivity contribution is -0.153. The highest BCUT2D eigenvalue weighted by atomic mass is 16.5. The summed E-state index contributed by atoms with van der Waals surface area (Å²) in [5, 5.41) is 0. The fraction of sp³-hybridized carbons (Fsp3) is 0.467. The third-order valence-electron chi connectivity index (χ3n) is 3.49. The summed E-state index contributed by atoms with van der Waals surface area (Å²) in [5.41, 5.74) is 1.21. The molecular weight excluding hydrogens is 228 g/mol. The van der Waals surface area contributed by atoms with E-state index in [2.05, 4.69) is 12.1 Å². The number of hydrogen-bond acceptors (Lipinski definition) is 3. The number of benzene rings is 1. The second kappa shape index (κ2) is 5.80. The monoisotopic (exact) mass is 246 g/mol. The molecule has 0 aromatic heterocycles. The number of hydrogen-bond donors (Lipinski definition) is 0. The molecule has 1 aliphatic rings. The first-order valence-corrected chi connectivity index (χ1v) is 6.46. The summed E-state index contributed by atoms with van der Waals surface area (Å²) in [6, 6.07) is 10.1. The van der Waals surface area contributed by atoms with Crippen LogP contribution in [0.5, 0.6) is 0 Å². The summed E-state index contributed by atoms with van der Waals surface area (Å²) in [6.45, 7) is 2.10. The molecule has 96 valence electrons. The zero-order valence-electron chi connectivity index (χ0n) is 10.6. The SMILES string of the molecule is CCOC(=O)[C@H]1C[C@H](c2ccccc2)CCC1=O. The molecule has 1 aliphatic carbocycles. The van der Waals surface area contributed by atoms with Gasteiger partial charge in [0.2, 0.25) is 0 Å². The summed E-state index contributed by atoms with van der Waals surface area (Å²) < 4.78 is 4.98. The molecule has 2 rings (SSSR count). The van der Waals surface area contributed by atoms with E-state index < -0.39 is 5.92 Å². The van der Waals surface area contributed by atoms with Crippen LogP contribution in [-0.4, -0.2) is 18.4 Å². The summed E-state index contributed by atoms with van der Waals surface area (Å²) in [5.74, 6) is -0.606. The van der Waals surface area contributed by atoms with E-state index in [1.165, 1.54) is 5.56 Å². The van der Waals surface area contributed by atoms with Crippen molar-refractivity contribution in [2.75, 3.05) is 6.61 Å². The van der Waals surface area contributed by atoms with E-state index in [4.69, 9.17) is 4.74 Å². The lowest BCUT2D eigenvalue weighted by Crippen LogP contribution is -2.31. The number of carbonyl (C=O) groups is 2. The Morgan fingerprint density at radius 3 is 2.72 bits per heavy atom. The number of Topliss-reactive ketones (excluding diaryl/α,β-unsaturated/α-hetero) is 1. The van der Waals surface area contributed by atoms with Crippen LogP contribution in [0.25, 0.3) is 0 Å². The summed E-state index contributed by atoms with van der Waals surface area (Å²) in [4.78, 5) is 23.5. The molecule has 1 saturated carbocycles. The van der Waals surface area contributed by atoms with Crippen molar-refractivity contribution in [3.05, 3.63) is 35.9 Å². The minimum Gasteiger partial charge on any atom is -0.465 e. The van der Waals surface area contributed by atoms with E-state index >= 15 is 0 Å². The third-order valence-corrected chi connectivity index (χ3v) is 3.49. The van der Waals surface area contributed by atoms with Crippen molar-refractivity contribution in [3.8, 4) is 0 Å². The zero-order valence-corrected chi connectivity index (χ0v) is 10.6. The zero-order chi connectivity index (χ0) is 13.0. The van der Waals surface area contributed by atoms with Crippen LogP contribution in [0.15, 0.2) is 30.3 Å². The van der Waals surface area contributed by atoms with E-state index in [1.54, 1.807) is 6.92 Å². The fourth-order valence-electron chi connectivity index (χ4n) is 2.52. The van der Waals surface area contributed by atoms with Gasteiger partial charge in [-0.25, -0.2) is 0 Å². The van der Waals surface area contributed by atoms with Crippen molar-refractivity contribution in [2.24, 2.45) is 5.92 Å². The molecule has 1 fully saturated rings. The van der Waals surface area contributed by atoms with E-state index in [1.807, 2.05) is 18.2 Å². The molecular formula is C15H18O3. The van der Waals surface area contributed by atoms with E-state index in [0.29, 0.717) is 25.4 Å². The van der Waals surface area contributed by atoms with Gasteiger partial charge in [-0.2, -0.15) is 0 Å². The maximum atomic E-state index is 11.8. The molecule has 0 aliphatic heterocycles. The van der Waals surface area contributed by atoms with Crippen molar-refractivity contribution in [1.29, 1.82) is 0 Å².